The van der Waals surface area contributed by atoms with Crippen LogP contribution in [0.2, 0.25) is 0 Å². The van der Waals surface area contributed by atoms with E-state index in [2.05, 4.69) is 0 Å². The summed E-state index contributed by atoms with van der Waals surface area (Å²) in [6.45, 7) is 8.54. The Balaban J connectivity index is 1.58. The first-order valence-corrected chi connectivity index (χ1v) is 9.67. The molecule has 7 heteroatoms. The number of rotatable bonds is 4. The fourth-order valence-electron chi connectivity index (χ4n) is 2.58. The van der Waals surface area contributed by atoms with Crippen LogP contribution in [0.4, 0.5) is 0 Å². The quantitative estimate of drug-likeness (QED) is 0.775. The van der Waals surface area contributed by atoms with Crippen LogP contribution in [0.15, 0.2) is 24.3 Å². The molecule has 0 unspecified atom stereocenters. The molecule has 0 saturated carbocycles. The van der Waals surface area contributed by atoms with Gasteiger partial charge >= 0.3 is 7.12 Å². The first-order chi connectivity index (χ1) is 10.6. The molecular formula is C16H23BO5S. The van der Waals surface area contributed by atoms with Gasteiger partial charge in [-0.1, -0.05) is 24.3 Å². The molecule has 2 heterocycles. The first kappa shape index (κ1) is 17.0. The number of ether oxygens (including phenoxy) is 1. The van der Waals surface area contributed by atoms with Gasteiger partial charge in [-0.2, -0.15) is 0 Å². The van der Waals surface area contributed by atoms with E-state index in [1.54, 1.807) is 0 Å². The number of hydrogen-bond donors (Lipinski definition) is 0. The topological polar surface area (TPSA) is 61.8 Å². The number of benzene rings is 1. The Hall–Kier alpha value is -0.885. The summed E-state index contributed by atoms with van der Waals surface area (Å²) in [7, 11) is -3.20. The van der Waals surface area contributed by atoms with Gasteiger partial charge in [0.2, 0.25) is 0 Å². The van der Waals surface area contributed by atoms with Crippen molar-refractivity contribution in [2.75, 3.05) is 11.5 Å². The lowest BCUT2D eigenvalue weighted by Gasteiger charge is -2.32. The summed E-state index contributed by atoms with van der Waals surface area (Å²) >= 11 is 0. The Bertz CT molecular complexity index is 653. The highest BCUT2D eigenvalue weighted by atomic mass is 32.2. The van der Waals surface area contributed by atoms with Crippen molar-refractivity contribution in [2.24, 2.45) is 0 Å². The zero-order valence-electron chi connectivity index (χ0n) is 14.0. The molecule has 1 aromatic rings. The van der Waals surface area contributed by atoms with Crippen LogP contribution >= 0.6 is 0 Å². The Morgan fingerprint density at radius 1 is 1.09 bits per heavy atom. The van der Waals surface area contributed by atoms with Crippen molar-refractivity contribution in [3.8, 4) is 0 Å². The summed E-state index contributed by atoms with van der Waals surface area (Å²) in [5.41, 5.74) is 1.28. The van der Waals surface area contributed by atoms with Crippen molar-refractivity contribution >= 4 is 22.4 Å². The smallest absolute Gasteiger partial charge is 0.399 e. The second-order valence-electron chi connectivity index (χ2n) is 7.34. The predicted molar refractivity (Wildman–Crippen MR) is 89.4 cm³/mol. The van der Waals surface area contributed by atoms with E-state index in [9.17, 15) is 8.42 Å². The summed E-state index contributed by atoms with van der Waals surface area (Å²) in [6, 6.07) is 7.87. The summed E-state index contributed by atoms with van der Waals surface area (Å²) in [5.74, 6) is 0.276. The van der Waals surface area contributed by atoms with Gasteiger partial charge in [0.25, 0.3) is 0 Å². The van der Waals surface area contributed by atoms with Crippen LogP contribution in [0, 0.1) is 0 Å². The monoisotopic (exact) mass is 338 g/mol. The number of sulfone groups is 1. The average molecular weight is 338 g/mol. The van der Waals surface area contributed by atoms with Crippen LogP contribution in [0.25, 0.3) is 0 Å². The van der Waals surface area contributed by atoms with Gasteiger partial charge in [-0.3, -0.25) is 0 Å². The van der Waals surface area contributed by atoms with E-state index >= 15 is 0 Å². The molecule has 5 nitrogen and oxygen atoms in total. The zero-order chi connectivity index (χ0) is 16.9. The van der Waals surface area contributed by atoms with Crippen molar-refractivity contribution in [2.45, 2.75) is 51.6 Å². The Morgan fingerprint density at radius 2 is 1.61 bits per heavy atom. The van der Waals surface area contributed by atoms with Crippen molar-refractivity contribution in [3.63, 3.8) is 0 Å². The molecule has 0 bridgehead atoms. The third-order valence-corrected chi connectivity index (χ3v) is 6.63. The summed E-state index contributed by atoms with van der Waals surface area (Å²) in [5, 5.41) is 0. The van der Waals surface area contributed by atoms with E-state index < -0.39 is 9.84 Å². The van der Waals surface area contributed by atoms with Gasteiger partial charge < -0.3 is 14.0 Å². The van der Waals surface area contributed by atoms with Crippen molar-refractivity contribution in [3.05, 3.63) is 29.8 Å². The van der Waals surface area contributed by atoms with E-state index in [4.69, 9.17) is 14.0 Å². The van der Waals surface area contributed by atoms with Gasteiger partial charge in [-0.15, -0.1) is 0 Å². The van der Waals surface area contributed by atoms with Crippen LogP contribution in [0.5, 0.6) is 0 Å². The average Bonchev–Trinajstić information content (AvgIpc) is 2.63. The molecule has 3 rings (SSSR count). The van der Waals surface area contributed by atoms with Gasteiger partial charge in [0.15, 0.2) is 9.84 Å². The second-order valence-corrected chi connectivity index (χ2v) is 9.49. The zero-order valence-corrected chi connectivity index (χ0v) is 14.9. The lowest BCUT2D eigenvalue weighted by Crippen LogP contribution is -2.43. The third-order valence-electron chi connectivity index (χ3n) is 4.87. The molecule has 2 aliphatic rings. The molecule has 0 aromatic heterocycles. The number of hydrogen-bond acceptors (Lipinski definition) is 5. The third kappa shape index (κ3) is 3.48. The van der Waals surface area contributed by atoms with Crippen LogP contribution in [-0.2, 0) is 30.5 Å². The lowest BCUT2D eigenvalue weighted by atomic mass is 9.79. The van der Waals surface area contributed by atoms with Gasteiger partial charge in [-0.25, -0.2) is 8.42 Å². The molecule has 1 aromatic carbocycles. The summed E-state index contributed by atoms with van der Waals surface area (Å²) < 4.78 is 39.8. The van der Waals surface area contributed by atoms with Crippen molar-refractivity contribution in [1.82, 2.24) is 0 Å². The maximum absolute atomic E-state index is 11.1. The van der Waals surface area contributed by atoms with Crippen LogP contribution < -0.4 is 5.46 Å². The second kappa shape index (κ2) is 5.58. The van der Waals surface area contributed by atoms with Crippen LogP contribution in [-0.4, -0.2) is 44.3 Å². The van der Waals surface area contributed by atoms with Gasteiger partial charge in [0, 0.05) is 0 Å². The van der Waals surface area contributed by atoms with Crippen molar-refractivity contribution < 1.29 is 22.5 Å². The molecule has 0 N–H and O–H groups in total. The van der Waals surface area contributed by atoms with E-state index in [0.717, 1.165) is 11.0 Å². The lowest BCUT2D eigenvalue weighted by molar-refractivity contribution is 0.00578. The van der Waals surface area contributed by atoms with Crippen LogP contribution in [0.1, 0.15) is 33.3 Å². The molecule has 0 amide bonds. The molecule has 126 valence electrons. The van der Waals surface area contributed by atoms with Gasteiger partial charge in [0.05, 0.1) is 35.4 Å². The maximum Gasteiger partial charge on any atom is 0.494 e. The van der Waals surface area contributed by atoms with Crippen LogP contribution in [0.3, 0.4) is 0 Å². The Labute approximate surface area is 138 Å². The molecule has 2 saturated heterocycles. The van der Waals surface area contributed by atoms with E-state index in [0.29, 0.717) is 6.61 Å². The first-order valence-electron chi connectivity index (χ1n) is 7.84. The molecular weight excluding hydrogens is 315 g/mol. The highest BCUT2D eigenvalue weighted by Gasteiger charge is 2.51. The minimum Gasteiger partial charge on any atom is -0.399 e. The fraction of sp³-hybridized carbons (Fsp3) is 0.625. The highest BCUT2D eigenvalue weighted by Crippen LogP contribution is 2.36. The largest absolute Gasteiger partial charge is 0.494 e. The van der Waals surface area contributed by atoms with Gasteiger partial charge in [0.1, 0.15) is 0 Å². The van der Waals surface area contributed by atoms with Crippen molar-refractivity contribution in [1.29, 1.82) is 0 Å². The standard InChI is InChI=1S/C16H23BO5S/c1-15(2)16(3,4)22-17(21-15)13-7-5-12(6-8-13)9-20-14-10-23(18,19)11-14/h5-8,14H,9-11H2,1-4H3. The Morgan fingerprint density at radius 3 is 2.09 bits per heavy atom. The Kier molecular flexibility index (Phi) is 4.12. The van der Waals surface area contributed by atoms with E-state index in [1.807, 2.05) is 52.0 Å². The molecule has 0 atom stereocenters. The molecule has 2 aliphatic heterocycles. The fourth-order valence-corrected chi connectivity index (χ4v) is 3.81. The molecule has 0 radical (unpaired) electrons. The maximum atomic E-state index is 11.1. The normalized spacial score (nSPS) is 25.3. The molecule has 2 fully saturated rings. The SMILES string of the molecule is CC1(C)OB(c2ccc(COC3CS(=O)(=O)C3)cc2)OC1(C)C. The highest BCUT2D eigenvalue weighted by molar-refractivity contribution is 7.92. The summed E-state index contributed by atoms with van der Waals surface area (Å²) in [4.78, 5) is 0. The van der Waals surface area contributed by atoms with Gasteiger partial charge in [-0.05, 0) is 38.7 Å². The minimum atomic E-state index is -2.83. The predicted octanol–water partition coefficient (Wildman–Crippen LogP) is 1.30. The minimum absolute atomic E-state index is 0.138. The van der Waals surface area contributed by atoms with E-state index in [-0.39, 0.29) is 35.9 Å². The molecule has 0 aliphatic carbocycles. The van der Waals surface area contributed by atoms with E-state index in [1.165, 1.54) is 0 Å². The summed E-state index contributed by atoms with van der Waals surface area (Å²) in [6.07, 6.45) is -0.164. The molecule has 23 heavy (non-hydrogen) atoms. The molecule has 0 spiro atoms.